The molecule has 0 atom stereocenters. The zero-order valence-electron chi connectivity index (χ0n) is 22.8. The summed E-state index contributed by atoms with van der Waals surface area (Å²) in [6.07, 6.45) is 5.43. The van der Waals surface area contributed by atoms with E-state index in [2.05, 4.69) is 85.8 Å². The number of thioether (sulfide) groups is 1. The molecule has 1 fully saturated rings. The average molecular weight is 582 g/mol. The minimum absolute atomic E-state index is 0.0966. The molecule has 0 spiro atoms. The maximum Gasteiger partial charge on any atom is 0.270 e. The smallest absolute Gasteiger partial charge is 0.270 e. The molecule has 41 heavy (non-hydrogen) atoms. The van der Waals surface area contributed by atoms with E-state index >= 15 is 0 Å². The summed E-state index contributed by atoms with van der Waals surface area (Å²) in [6, 6.07) is 22.9. The summed E-state index contributed by atoms with van der Waals surface area (Å²) in [5.41, 5.74) is 4.87. The number of piperidine rings is 1. The normalized spacial score (nSPS) is 14.3. The van der Waals surface area contributed by atoms with Crippen LogP contribution in [0.5, 0.6) is 0 Å². The van der Waals surface area contributed by atoms with E-state index in [0.29, 0.717) is 11.4 Å². The third-order valence-electron chi connectivity index (χ3n) is 7.13. The van der Waals surface area contributed by atoms with Crippen LogP contribution in [0.2, 0.25) is 0 Å². The van der Waals surface area contributed by atoms with E-state index in [1.807, 2.05) is 28.1 Å². The maximum atomic E-state index is 13.0. The molecule has 0 unspecified atom stereocenters. The number of benzene rings is 2. The van der Waals surface area contributed by atoms with Crippen LogP contribution in [-0.2, 0) is 12.3 Å². The molecule has 1 N–H and O–H groups in total. The molecule has 0 saturated carbocycles. The van der Waals surface area contributed by atoms with Gasteiger partial charge >= 0.3 is 0 Å². The van der Waals surface area contributed by atoms with Crippen LogP contribution in [0.15, 0.2) is 89.7 Å². The van der Waals surface area contributed by atoms with Gasteiger partial charge in [0, 0.05) is 54.7 Å². The Morgan fingerprint density at radius 3 is 2.59 bits per heavy atom. The van der Waals surface area contributed by atoms with Gasteiger partial charge in [-0.1, -0.05) is 59.8 Å². The topological polar surface area (TPSA) is 88.8 Å². The summed E-state index contributed by atoms with van der Waals surface area (Å²) in [5, 5.41) is 15.7. The monoisotopic (exact) mass is 581 g/mol. The summed E-state index contributed by atoms with van der Waals surface area (Å²) in [4.78, 5) is 24.3. The molecule has 1 amide bonds. The van der Waals surface area contributed by atoms with E-state index < -0.39 is 0 Å². The predicted molar refractivity (Wildman–Crippen MR) is 163 cm³/mol. The molecule has 8 nitrogen and oxygen atoms in total. The molecule has 1 aliphatic heterocycles. The molecular weight excluding hydrogens is 551 g/mol. The van der Waals surface area contributed by atoms with Crippen molar-refractivity contribution in [3.05, 3.63) is 106 Å². The summed E-state index contributed by atoms with van der Waals surface area (Å²) in [6.45, 7) is 4.97. The Balaban J connectivity index is 1.07. The van der Waals surface area contributed by atoms with Crippen LogP contribution in [0, 0.1) is 6.92 Å². The average Bonchev–Trinajstić information content (AvgIpc) is 3.66. The Morgan fingerprint density at radius 1 is 1.02 bits per heavy atom. The second kappa shape index (κ2) is 12.8. The summed E-state index contributed by atoms with van der Waals surface area (Å²) >= 11 is 3.06. The van der Waals surface area contributed by atoms with E-state index in [-0.39, 0.29) is 11.9 Å². The van der Waals surface area contributed by atoms with Gasteiger partial charge in [-0.05, 0) is 49.6 Å². The molecule has 1 aliphatic rings. The van der Waals surface area contributed by atoms with Gasteiger partial charge in [0.15, 0.2) is 11.0 Å². The summed E-state index contributed by atoms with van der Waals surface area (Å²) in [7, 11) is 0. The number of hydrogen-bond donors (Lipinski definition) is 1. The highest BCUT2D eigenvalue weighted by molar-refractivity contribution is 7.98. The third kappa shape index (κ3) is 6.73. The second-order valence-corrected chi connectivity index (χ2v) is 12.0. The van der Waals surface area contributed by atoms with E-state index in [1.54, 1.807) is 24.2 Å². The number of thiazole rings is 1. The number of nitrogens with one attached hydrogen (secondary N) is 1. The standard InChI is InChI=1S/C31H31N7OS2/c1-22-9-11-26(12-10-22)38-29(24-8-5-15-32-18-24)35-36-31(38)41-21-28-34-27(20-40-28)30(39)33-25-13-16-37(17-14-25)19-23-6-3-2-4-7-23/h2-12,15,18,20,25H,13-14,16-17,19,21H2,1H3,(H,33,39). The van der Waals surface area contributed by atoms with Crippen LogP contribution in [0.4, 0.5) is 0 Å². The Bertz CT molecular complexity index is 1580. The number of amides is 1. The van der Waals surface area contributed by atoms with E-state index in [1.165, 1.54) is 22.5 Å². The number of nitrogens with zero attached hydrogens (tertiary/aromatic N) is 6. The molecule has 3 aromatic heterocycles. The van der Waals surface area contributed by atoms with E-state index in [9.17, 15) is 4.79 Å². The van der Waals surface area contributed by atoms with Crippen LogP contribution >= 0.6 is 23.1 Å². The minimum atomic E-state index is -0.0966. The first-order valence-corrected chi connectivity index (χ1v) is 15.6. The highest BCUT2D eigenvalue weighted by Crippen LogP contribution is 2.30. The van der Waals surface area contributed by atoms with Crippen LogP contribution in [0.1, 0.15) is 39.5 Å². The first-order valence-electron chi connectivity index (χ1n) is 13.7. The van der Waals surface area contributed by atoms with Gasteiger partial charge in [0.2, 0.25) is 0 Å². The third-order valence-corrected chi connectivity index (χ3v) is 9.10. The number of rotatable bonds is 9. The van der Waals surface area contributed by atoms with E-state index in [4.69, 9.17) is 0 Å². The van der Waals surface area contributed by atoms with Gasteiger partial charge in [-0.15, -0.1) is 21.5 Å². The first-order chi connectivity index (χ1) is 20.1. The van der Waals surface area contributed by atoms with Crippen LogP contribution < -0.4 is 5.32 Å². The largest absolute Gasteiger partial charge is 0.348 e. The molecule has 1 saturated heterocycles. The van der Waals surface area contributed by atoms with Gasteiger partial charge in [0.25, 0.3) is 5.91 Å². The zero-order chi connectivity index (χ0) is 28.0. The molecule has 6 rings (SSSR count). The number of hydrogen-bond acceptors (Lipinski definition) is 8. The number of carbonyl (C=O) groups is 1. The maximum absolute atomic E-state index is 13.0. The number of likely N-dealkylation sites (tertiary alicyclic amines) is 1. The van der Waals surface area contributed by atoms with Crippen molar-refractivity contribution in [1.82, 2.24) is 34.9 Å². The molecule has 0 radical (unpaired) electrons. The lowest BCUT2D eigenvalue weighted by Gasteiger charge is -2.32. The van der Waals surface area contributed by atoms with Gasteiger partial charge in [0.1, 0.15) is 10.7 Å². The second-order valence-electron chi connectivity index (χ2n) is 10.1. The van der Waals surface area contributed by atoms with Crippen molar-refractivity contribution in [3.8, 4) is 17.1 Å². The molecule has 5 aromatic rings. The van der Waals surface area contributed by atoms with Gasteiger partial charge in [-0.25, -0.2) is 4.98 Å². The SMILES string of the molecule is Cc1ccc(-n2c(SCc3nc(C(=O)NC4CCN(Cc5ccccc5)CC4)cs3)nnc2-c2cccnc2)cc1. The van der Waals surface area contributed by atoms with Gasteiger partial charge < -0.3 is 5.32 Å². The Kier molecular flexibility index (Phi) is 8.50. The molecule has 2 aromatic carbocycles. The highest BCUT2D eigenvalue weighted by atomic mass is 32.2. The van der Waals surface area contributed by atoms with E-state index in [0.717, 1.165) is 59.7 Å². The van der Waals surface area contributed by atoms with Crippen molar-refractivity contribution in [3.63, 3.8) is 0 Å². The molecule has 0 bridgehead atoms. The Morgan fingerprint density at radius 2 is 1.83 bits per heavy atom. The molecule has 10 heteroatoms. The fourth-order valence-electron chi connectivity index (χ4n) is 4.92. The van der Waals surface area contributed by atoms with Crippen LogP contribution in [0.25, 0.3) is 17.1 Å². The first kappa shape index (κ1) is 27.3. The lowest BCUT2D eigenvalue weighted by molar-refractivity contribution is 0.0904. The Labute approximate surface area is 247 Å². The number of pyridine rings is 1. The van der Waals surface area contributed by atoms with Gasteiger partial charge in [0.05, 0.1) is 5.75 Å². The molecule has 208 valence electrons. The predicted octanol–water partition coefficient (Wildman–Crippen LogP) is 5.78. The molecular formula is C31H31N7OS2. The zero-order valence-corrected chi connectivity index (χ0v) is 24.4. The van der Waals surface area contributed by atoms with Crippen molar-refractivity contribution < 1.29 is 4.79 Å². The molecule has 0 aliphatic carbocycles. The fourth-order valence-corrected chi connectivity index (χ4v) is 6.66. The van der Waals surface area contributed by atoms with Crippen molar-refractivity contribution in [1.29, 1.82) is 0 Å². The minimum Gasteiger partial charge on any atom is -0.348 e. The van der Waals surface area contributed by atoms with Gasteiger partial charge in [-0.3, -0.25) is 19.2 Å². The van der Waals surface area contributed by atoms with Crippen LogP contribution in [-0.4, -0.2) is 54.7 Å². The number of carbonyl (C=O) groups excluding carboxylic acids is 1. The number of aromatic nitrogens is 5. The lowest BCUT2D eigenvalue weighted by atomic mass is 10.0. The van der Waals surface area contributed by atoms with Crippen molar-refractivity contribution in [2.24, 2.45) is 0 Å². The van der Waals surface area contributed by atoms with Crippen LogP contribution in [0.3, 0.4) is 0 Å². The van der Waals surface area contributed by atoms with Crippen molar-refractivity contribution >= 4 is 29.0 Å². The van der Waals surface area contributed by atoms with Crippen molar-refractivity contribution in [2.45, 2.75) is 43.3 Å². The molecule has 4 heterocycles. The Hall–Kier alpha value is -3.86. The summed E-state index contributed by atoms with van der Waals surface area (Å²) in [5.74, 6) is 1.23. The quantitative estimate of drug-likeness (QED) is 0.221. The lowest BCUT2D eigenvalue weighted by Crippen LogP contribution is -2.44. The fraction of sp³-hybridized carbons (Fsp3) is 0.258. The van der Waals surface area contributed by atoms with Crippen molar-refractivity contribution in [2.75, 3.05) is 13.1 Å². The number of aryl methyl sites for hydroxylation is 1. The van der Waals surface area contributed by atoms with Gasteiger partial charge in [-0.2, -0.15) is 0 Å². The summed E-state index contributed by atoms with van der Waals surface area (Å²) < 4.78 is 2.05. The highest BCUT2D eigenvalue weighted by Gasteiger charge is 2.23.